The lowest BCUT2D eigenvalue weighted by Gasteiger charge is -2.05. The van der Waals surface area contributed by atoms with Crippen LogP contribution in [0.1, 0.15) is 11.4 Å². The van der Waals surface area contributed by atoms with Gasteiger partial charge < -0.3 is 0 Å². The normalized spacial score (nSPS) is 10.4. The lowest BCUT2D eigenvalue weighted by atomic mass is 10.1. The Balaban J connectivity index is 1.95. The minimum atomic E-state index is 0.456. The van der Waals surface area contributed by atoms with E-state index < -0.39 is 0 Å². The van der Waals surface area contributed by atoms with Gasteiger partial charge in [-0.2, -0.15) is 0 Å². The van der Waals surface area contributed by atoms with E-state index in [1.807, 2.05) is 48.7 Å². The van der Waals surface area contributed by atoms with E-state index in [-0.39, 0.29) is 0 Å². The molecule has 2 heterocycles. The van der Waals surface area contributed by atoms with Crippen LogP contribution in [0.3, 0.4) is 0 Å². The zero-order chi connectivity index (χ0) is 13.8. The number of benzene rings is 1. The molecule has 3 rings (SSSR count). The van der Waals surface area contributed by atoms with E-state index in [2.05, 4.69) is 15.0 Å². The average molecular weight is 282 g/mol. The summed E-state index contributed by atoms with van der Waals surface area (Å²) in [5, 5.41) is 0.456. The molecule has 0 radical (unpaired) electrons. The Kier molecular flexibility index (Phi) is 3.70. The van der Waals surface area contributed by atoms with Gasteiger partial charge in [0.25, 0.3) is 0 Å². The third kappa shape index (κ3) is 3.00. The summed E-state index contributed by atoms with van der Waals surface area (Å²) in [6.45, 7) is 0. The number of nitrogens with zero attached hydrogens (tertiary/aromatic N) is 3. The molecule has 1 aromatic carbocycles. The molecule has 20 heavy (non-hydrogen) atoms. The fraction of sp³-hybridized carbons (Fsp3) is 0.0625. The van der Waals surface area contributed by atoms with Crippen LogP contribution in [0, 0.1) is 0 Å². The molecular weight excluding hydrogens is 270 g/mol. The number of pyridine rings is 1. The van der Waals surface area contributed by atoms with E-state index in [0.29, 0.717) is 17.4 Å². The van der Waals surface area contributed by atoms with Crippen molar-refractivity contribution in [2.75, 3.05) is 0 Å². The highest BCUT2D eigenvalue weighted by Gasteiger charge is 2.06. The van der Waals surface area contributed by atoms with Crippen LogP contribution in [-0.4, -0.2) is 15.0 Å². The molecule has 0 aliphatic rings. The van der Waals surface area contributed by atoms with E-state index in [9.17, 15) is 0 Å². The monoisotopic (exact) mass is 281 g/mol. The average Bonchev–Trinajstić information content (AvgIpc) is 2.49. The van der Waals surface area contributed by atoms with Crippen LogP contribution in [0.2, 0.25) is 5.15 Å². The lowest BCUT2D eigenvalue weighted by Crippen LogP contribution is -1.99. The van der Waals surface area contributed by atoms with Crippen molar-refractivity contribution in [3.8, 4) is 11.3 Å². The molecule has 0 bridgehead atoms. The van der Waals surface area contributed by atoms with Crippen molar-refractivity contribution in [3.63, 3.8) is 0 Å². The quantitative estimate of drug-likeness (QED) is 0.686. The summed E-state index contributed by atoms with van der Waals surface area (Å²) < 4.78 is 0. The Morgan fingerprint density at radius 3 is 2.55 bits per heavy atom. The highest BCUT2D eigenvalue weighted by atomic mass is 35.5. The summed E-state index contributed by atoms with van der Waals surface area (Å²) in [7, 11) is 0. The second-order valence-electron chi connectivity index (χ2n) is 4.40. The van der Waals surface area contributed by atoms with Crippen molar-refractivity contribution in [2.45, 2.75) is 6.42 Å². The summed E-state index contributed by atoms with van der Waals surface area (Å²) in [5.74, 6) is 0.698. The first-order chi connectivity index (χ1) is 9.81. The van der Waals surface area contributed by atoms with Gasteiger partial charge in [0, 0.05) is 30.4 Å². The highest BCUT2D eigenvalue weighted by Crippen LogP contribution is 2.20. The zero-order valence-corrected chi connectivity index (χ0v) is 11.5. The molecule has 0 aliphatic heterocycles. The molecular formula is C16H12ClN3. The van der Waals surface area contributed by atoms with Gasteiger partial charge in [0.1, 0.15) is 11.0 Å². The minimum absolute atomic E-state index is 0.456. The number of hydrogen-bond acceptors (Lipinski definition) is 3. The van der Waals surface area contributed by atoms with Crippen molar-refractivity contribution >= 4 is 11.6 Å². The van der Waals surface area contributed by atoms with Crippen LogP contribution < -0.4 is 0 Å². The van der Waals surface area contributed by atoms with Crippen LogP contribution in [0.25, 0.3) is 11.3 Å². The summed E-state index contributed by atoms with van der Waals surface area (Å²) in [4.78, 5) is 13.0. The van der Waals surface area contributed by atoms with E-state index in [4.69, 9.17) is 11.6 Å². The number of halogens is 1. The fourth-order valence-electron chi connectivity index (χ4n) is 1.99. The molecule has 0 aliphatic carbocycles. The highest BCUT2D eigenvalue weighted by molar-refractivity contribution is 6.29. The largest absolute Gasteiger partial charge is 0.264 e. The molecule has 0 amide bonds. The summed E-state index contributed by atoms with van der Waals surface area (Å²) in [6, 6.07) is 15.6. The molecule has 2 aromatic heterocycles. The standard InChI is InChI=1S/C16H12ClN3/c17-15-10-14(13-6-2-1-3-7-13)19-16(20-15)9-12-5-4-8-18-11-12/h1-8,10-11H,9H2. The Bertz CT molecular complexity index is 699. The van der Waals surface area contributed by atoms with Gasteiger partial charge in [0.2, 0.25) is 0 Å². The second kappa shape index (κ2) is 5.80. The van der Waals surface area contributed by atoms with Gasteiger partial charge in [-0.05, 0) is 11.6 Å². The number of hydrogen-bond donors (Lipinski definition) is 0. The van der Waals surface area contributed by atoms with Crippen LogP contribution >= 0.6 is 11.6 Å². The van der Waals surface area contributed by atoms with Gasteiger partial charge in [-0.25, -0.2) is 9.97 Å². The van der Waals surface area contributed by atoms with Gasteiger partial charge in [0.05, 0.1) is 5.69 Å². The minimum Gasteiger partial charge on any atom is -0.264 e. The predicted molar refractivity (Wildman–Crippen MR) is 79.5 cm³/mol. The summed E-state index contributed by atoms with van der Waals surface area (Å²) in [5.41, 5.74) is 2.93. The molecule has 4 heteroatoms. The van der Waals surface area contributed by atoms with Gasteiger partial charge in [0.15, 0.2) is 0 Å². The molecule has 0 saturated carbocycles. The van der Waals surface area contributed by atoms with Gasteiger partial charge >= 0.3 is 0 Å². The van der Waals surface area contributed by atoms with Crippen molar-refractivity contribution in [1.82, 2.24) is 15.0 Å². The summed E-state index contributed by atoms with van der Waals surface area (Å²) >= 11 is 6.10. The predicted octanol–water partition coefficient (Wildman–Crippen LogP) is 3.78. The van der Waals surface area contributed by atoms with E-state index in [1.54, 1.807) is 12.3 Å². The maximum atomic E-state index is 6.10. The second-order valence-corrected chi connectivity index (χ2v) is 4.78. The molecule has 0 unspecified atom stereocenters. The molecule has 0 atom stereocenters. The molecule has 0 saturated heterocycles. The molecule has 0 spiro atoms. The van der Waals surface area contributed by atoms with E-state index in [0.717, 1.165) is 16.8 Å². The first-order valence-electron chi connectivity index (χ1n) is 6.29. The Labute approximate surface area is 122 Å². The van der Waals surface area contributed by atoms with Crippen molar-refractivity contribution in [2.24, 2.45) is 0 Å². The topological polar surface area (TPSA) is 38.7 Å². The maximum absolute atomic E-state index is 6.10. The van der Waals surface area contributed by atoms with Gasteiger partial charge in [-0.3, -0.25) is 4.98 Å². The molecule has 98 valence electrons. The third-order valence-electron chi connectivity index (χ3n) is 2.90. The Morgan fingerprint density at radius 2 is 1.80 bits per heavy atom. The van der Waals surface area contributed by atoms with Crippen molar-refractivity contribution in [1.29, 1.82) is 0 Å². The Morgan fingerprint density at radius 1 is 0.950 bits per heavy atom. The van der Waals surface area contributed by atoms with Crippen LogP contribution in [-0.2, 0) is 6.42 Å². The number of aromatic nitrogens is 3. The fourth-order valence-corrected chi connectivity index (χ4v) is 2.19. The van der Waals surface area contributed by atoms with Crippen LogP contribution in [0.15, 0.2) is 60.9 Å². The third-order valence-corrected chi connectivity index (χ3v) is 3.09. The van der Waals surface area contributed by atoms with Crippen molar-refractivity contribution < 1.29 is 0 Å². The molecule has 0 fully saturated rings. The van der Waals surface area contributed by atoms with Crippen molar-refractivity contribution in [3.05, 3.63) is 77.5 Å². The first-order valence-corrected chi connectivity index (χ1v) is 6.67. The molecule has 3 nitrogen and oxygen atoms in total. The number of rotatable bonds is 3. The molecule has 0 N–H and O–H groups in total. The maximum Gasteiger partial charge on any atom is 0.135 e. The van der Waals surface area contributed by atoms with E-state index >= 15 is 0 Å². The summed E-state index contributed by atoms with van der Waals surface area (Å²) in [6.07, 6.45) is 4.18. The zero-order valence-electron chi connectivity index (χ0n) is 10.7. The smallest absolute Gasteiger partial charge is 0.135 e. The van der Waals surface area contributed by atoms with Gasteiger partial charge in [-0.1, -0.05) is 48.0 Å². The van der Waals surface area contributed by atoms with E-state index in [1.165, 1.54) is 0 Å². The van der Waals surface area contributed by atoms with Gasteiger partial charge in [-0.15, -0.1) is 0 Å². The lowest BCUT2D eigenvalue weighted by molar-refractivity contribution is 0.965. The van der Waals surface area contributed by atoms with Crippen LogP contribution in [0.4, 0.5) is 0 Å². The van der Waals surface area contributed by atoms with Crippen LogP contribution in [0.5, 0.6) is 0 Å². The molecule has 3 aromatic rings. The SMILES string of the molecule is Clc1cc(-c2ccccc2)nc(Cc2cccnc2)n1. The Hall–Kier alpha value is -2.26. The first kappa shape index (κ1) is 12.8.